The number of nitrogens with zero attached hydrogens (tertiary/aromatic N) is 1. The molecule has 0 unspecified atom stereocenters. The molecular formula is C29H25N3O3. The first-order valence-corrected chi connectivity index (χ1v) is 12.2. The number of aryl methyl sites for hydroxylation is 1. The Hall–Kier alpha value is -3.77. The molecule has 0 saturated carbocycles. The maximum absolute atomic E-state index is 14.6. The number of hydrogen-bond donors (Lipinski definition) is 2. The minimum absolute atomic E-state index is 0.170. The molecule has 35 heavy (non-hydrogen) atoms. The number of para-hydroxylation sites is 2. The van der Waals surface area contributed by atoms with Crippen molar-refractivity contribution in [3.63, 3.8) is 0 Å². The maximum Gasteiger partial charge on any atom is 0.250 e. The summed E-state index contributed by atoms with van der Waals surface area (Å²) in [6.07, 6.45) is 1.61. The van der Waals surface area contributed by atoms with E-state index in [1.807, 2.05) is 67.6 Å². The van der Waals surface area contributed by atoms with Gasteiger partial charge in [0.15, 0.2) is 5.78 Å². The normalized spacial score (nSPS) is 30.3. The van der Waals surface area contributed by atoms with E-state index in [-0.39, 0.29) is 23.6 Å². The second-order valence-corrected chi connectivity index (χ2v) is 10.1. The van der Waals surface area contributed by atoms with Crippen molar-refractivity contribution >= 4 is 29.0 Å². The van der Waals surface area contributed by atoms with Gasteiger partial charge >= 0.3 is 0 Å². The molecule has 4 atom stereocenters. The maximum atomic E-state index is 14.6. The second-order valence-electron chi connectivity index (χ2n) is 10.1. The summed E-state index contributed by atoms with van der Waals surface area (Å²) in [6, 6.07) is 22.4. The van der Waals surface area contributed by atoms with Crippen molar-refractivity contribution in [3.05, 3.63) is 95.1 Å². The molecule has 0 bridgehead atoms. The number of amides is 2. The first kappa shape index (κ1) is 20.6. The molecule has 4 heterocycles. The zero-order chi connectivity index (χ0) is 23.9. The Morgan fingerprint density at radius 3 is 2.46 bits per heavy atom. The number of carbonyl (C=O) groups is 3. The van der Waals surface area contributed by atoms with E-state index in [0.29, 0.717) is 12.1 Å². The van der Waals surface area contributed by atoms with Crippen LogP contribution in [0.1, 0.15) is 39.9 Å². The molecule has 2 spiro atoms. The molecule has 174 valence electrons. The van der Waals surface area contributed by atoms with Gasteiger partial charge in [-0.3, -0.25) is 19.3 Å². The SMILES string of the molecule is Cc1cccc2c1NC(=O)[C@@]21[C@H](C(=O)c2ccccc2)[C@@]2(C(=O)Nc3ccccc32)[C@@H]2CCCN21. The molecule has 2 amide bonds. The van der Waals surface area contributed by atoms with Crippen molar-refractivity contribution in [3.8, 4) is 0 Å². The van der Waals surface area contributed by atoms with Crippen LogP contribution in [0.25, 0.3) is 0 Å². The van der Waals surface area contributed by atoms with E-state index < -0.39 is 16.9 Å². The molecule has 3 aromatic carbocycles. The highest BCUT2D eigenvalue weighted by atomic mass is 16.2. The van der Waals surface area contributed by atoms with Gasteiger partial charge in [0, 0.05) is 28.5 Å². The van der Waals surface area contributed by atoms with Crippen molar-refractivity contribution in [2.24, 2.45) is 5.92 Å². The molecule has 0 radical (unpaired) electrons. The first-order valence-electron chi connectivity index (χ1n) is 12.2. The number of anilines is 2. The van der Waals surface area contributed by atoms with Crippen molar-refractivity contribution in [1.82, 2.24) is 4.90 Å². The standard InChI is InChI=1S/C29H25N3O3/c1-17-9-7-13-20-23(17)31-27(35)29(20)25(24(33)18-10-3-2-4-11-18)28(22-15-8-16-32(22)29)19-12-5-6-14-21(19)30-26(28)34/h2-7,9-14,22,25H,8,15-16H2,1H3,(H,30,34)(H,31,35)/t22-,25+,28-,29-/m0/s1. The molecule has 4 aliphatic heterocycles. The third-order valence-corrected chi connectivity index (χ3v) is 8.69. The Morgan fingerprint density at radius 2 is 1.63 bits per heavy atom. The number of rotatable bonds is 2. The summed E-state index contributed by atoms with van der Waals surface area (Å²) in [5.41, 5.74) is 2.16. The van der Waals surface area contributed by atoms with Crippen LogP contribution in [-0.4, -0.2) is 35.1 Å². The highest BCUT2D eigenvalue weighted by Gasteiger charge is 2.78. The fraction of sp³-hybridized carbons (Fsp3) is 0.276. The molecule has 0 aromatic heterocycles. The summed E-state index contributed by atoms with van der Waals surface area (Å²) >= 11 is 0. The number of Topliss-reactive ketones (excluding diaryl/α,β-unsaturated/α-hetero) is 1. The number of benzene rings is 3. The fourth-order valence-electron chi connectivity index (χ4n) is 7.49. The summed E-state index contributed by atoms with van der Waals surface area (Å²) in [5, 5.41) is 6.21. The van der Waals surface area contributed by atoms with Gasteiger partial charge in [-0.2, -0.15) is 0 Å². The molecule has 2 N–H and O–H groups in total. The lowest BCUT2D eigenvalue weighted by Crippen LogP contribution is -2.55. The van der Waals surface area contributed by atoms with Crippen molar-refractivity contribution in [2.75, 3.05) is 17.2 Å². The Morgan fingerprint density at radius 1 is 0.886 bits per heavy atom. The van der Waals surface area contributed by atoms with Crippen LogP contribution in [0.15, 0.2) is 72.8 Å². The number of hydrogen-bond acceptors (Lipinski definition) is 4. The number of fused-ring (bicyclic) bond motifs is 7. The van der Waals surface area contributed by atoms with Crippen molar-refractivity contribution < 1.29 is 14.4 Å². The van der Waals surface area contributed by atoms with Gasteiger partial charge in [-0.05, 0) is 43.5 Å². The van der Waals surface area contributed by atoms with E-state index >= 15 is 0 Å². The smallest absolute Gasteiger partial charge is 0.250 e. The Balaban J connectivity index is 1.60. The molecule has 2 saturated heterocycles. The molecule has 7 rings (SSSR count). The predicted molar refractivity (Wildman–Crippen MR) is 132 cm³/mol. The van der Waals surface area contributed by atoms with Gasteiger partial charge in [0.05, 0.1) is 5.92 Å². The molecule has 3 aromatic rings. The molecular weight excluding hydrogens is 438 g/mol. The summed E-state index contributed by atoms with van der Waals surface area (Å²) in [5.74, 6) is -1.47. The first-order chi connectivity index (χ1) is 17.0. The lowest BCUT2D eigenvalue weighted by Gasteiger charge is -2.38. The summed E-state index contributed by atoms with van der Waals surface area (Å²) in [4.78, 5) is 45.2. The Labute approximate surface area is 203 Å². The van der Waals surface area contributed by atoms with Crippen LogP contribution in [0.5, 0.6) is 0 Å². The predicted octanol–water partition coefficient (Wildman–Crippen LogP) is 4.01. The van der Waals surface area contributed by atoms with E-state index in [2.05, 4.69) is 15.5 Å². The largest absolute Gasteiger partial charge is 0.325 e. The number of carbonyl (C=O) groups excluding carboxylic acids is 3. The Bertz CT molecular complexity index is 1430. The topological polar surface area (TPSA) is 78.5 Å². The van der Waals surface area contributed by atoms with E-state index in [0.717, 1.165) is 40.9 Å². The van der Waals surface area contributed by atoms with E-state index in [1.165, 1.54) is 0 Å². The van der Waals surface area contributed by atoms with Gasteiger partial charge in [-0.15, -0.1) is 0 Å². The van der Waals surface area contributed by atoms with Gasteiger partial charge in [0.2, 0.25) is 11.8 Å². The lowest BCUT2D eigenvalue weighted by molar-refractivity contribution is -0.128. The minimum atomic E-state index is -1.26. The molecule has 0 aliphatic carbocycles. The molecule has 6 heteroatoms. The van der Waals surface area contributed by atoms with E-state index in [1.54, 1.807) is 12.1 Å². The fourth-order valence-corrected chi connectivity index (χ4v) is 7.49. The molecule has 2 fully saturated rings. The molecule has 4 aliphatic rings. The second kappa shape index (κ2) is 6.89. The minimum Gasteiger partial charge on any atom is -0.325 e. The van der Waals surface area contributed by atoms with Gasteiger partial charge in [0.1, 0.15) is 11.0 Å². The van der Waals surface area contributed by atoms with Crippen LogP contribution in [0.2, 0.25) is 0 Å². The van der Waals surface area contributed by atoms with Crippen LogP contribution in [0, 0.1) is 12.8 Å². The Kier molecular flexibility index (Phi) is 4.05. The number of ketones is 1. The zero-order valence-electron chi connectivity index (χ0n) is 19.4. The van der Waals surface area contributed by atoms with Crippen molar-refractivity contribution in [2.45, 2.75) is 36.8 Å². The van der Waals surface area contributed by atoms with E-state index in [4.69, 9.17) is 0 Å². The van der Waals surface area contributed by atoms with Gasteiger partial charge < -0.3 is 10.6 Å². The van der Waals surface area contributed by atoms with Crippen LogP contribution in [-0.2, 0) is 20.5 Å². The molecule has 6 nitrogen and oxygen atoms in total. The van der Waals surface area contributed by atoms with Gasteiger partial charge in [-0.25, -0.2) is 0 Å². The average Bonchev–Trinajstić information content (AvgIpc) is 3.59. The highest BCUT2D eigenvalue weighted by molar-refractivity contribution is 6.19. The van der Waals surface area contributed by atoms with Crippen LogP contribution >= 0.6 is 0 Å². The van der Waals surface area contributed by atoms with Gasteiger partial charge in [-0.1, -0.05) is 66.7 Å². The summed E-state index contributed by atoms with van der Waals surface area (Å²) < 4.78 is 0. The third kappa shape index (κ3) is 2.26. The number of nitrogens with one attached hydrogen (secondary N) is 2. The highest BCUT2D eigenvalue weighted by Crippen LogP contribution is 2.66. The summed E-state index contributed by atoms with van der Waals surface area (Å²) in [6.45, 7) is 2.62. The zero-order valence-corrected chi connectivity index (χ0v) is 19.4. The van der Waals surface area contributed by atoms with Crippen molar-refractivity contribution in [1.29, 1.82) is 0 Å². The monoisotopic (exact) mass is 463 g/mol. The average molecular weight is 464 g/mol. The van der Waals surface area contributed by atoms with Crippen LogP contribution in [0.4, 0.5) is 11.4 Å². The van der Waals surface area contributed by atoms with Gasteiger partial charge in [0.25, 0.3) is 0 Å². The van der Waals surface area contributed by atoms with E-state index in [9.17, 15) is 14.4 Å². The van der Waals surface area contributed by atoms with Crippen LogP contribution < -0.4 is 10.6 Å². The summed E-state index contributed by atoms with van der Waals surface area (Å²) in [7, 11) is 0. The third-order valence-electron chi connectivity index (χ3n) is 8.69. The quantitative estimate of drug-likeness (QED) is 0.563. The van der Waals surface area contributed by atoms with Crippen LogP contribution in [0.3, 0.4) is 0 Å². The lowest BCUT2D eigenvalue weighted by atomic mass is 9.60.